The fraction of sp³-hybridized carbons (Fsp3) is 0.182. The molecule has 0 atom stereocenters. The highest BCUT2D eigenvalue weighted by Gasteiger charge is 2.15. The van der Waals surface area contributed by atoms with Crippen LogP contribution in [0.25, 0.3) is 17.0 Å². The molecule has 102 valence electrons. The molecule has 0 fully saturated rings. The van der Waals surface area contributed by atoms with Crippen LogP contribution in [0.2, 0.25) is 5.15 Å². The summed E-state index contributed by atoms with van der Waals surface area (Å²) in [5.74, 6) is 0.396. The summed E-state index contributed by atoms with van der Waals surface area (Å²) in [7, 11) is 2.96. The minimum atomic E-state index is -0.447. The quantitative estimate of drug-likeness (QED) is 0.623. The molecule has 3 rings (SSSR count). The number of hydrogen-bond donors (Lipinski definition) is 0. The van der Waals surface area contributed by atoms with Crippen LogP contribution >= 0.6 is 11.6 Å². The molecule has 0 aliphatic heterocycles. The van der Waals surface area contributed by atoms with Crippen LogP contribution in [0.15, 0.2) is 28.0 Å². The van der Waals surface area contributed by atoms with E-state index in [0.29, 0.717) is 5.82 Å². The van der Waals surface area contributed by atoms with Gasteiger partial charge in [0.05, 0.1) is 0 Å². The van der Waals surface area contributed by atoms with Crippen LogP contribution in [0, 0.1) is 0 Å². The van der Waals surface area contributed by atoms with Gasteiger partial charge in [0.2, 0.25) is 0 Å². The first-order valence-corrected chi connectivity index (χ1v) is 6.01. The molecule has 0 bridgehead atoms. The number of hydrogen-bond acceptors (Lipinski definition) is 5. The van der Waals surface area contributed by atoms with Crippen molar-refractivity contribution in [2.24, 2.45) is 14.1 Å². The summed E-state index contributed by atoms with van der Waals surface area (Å²) >= 11 is 5.68. The van der Waals surface area contributed by atoms with Gasteiger partial charge in [-0.05, 0) is 12.1 Å². The normalized spacial score (nSPS) is 11.2. The van der Waals surface area contributed by atoms with Gasteiger partial charge in [0.15, 0.2) is 22.1 Å². The van der Waals surface area contributed by atoms with Crippen molar-refractivity contribution in [1.82, 2.24) is 28.9 Å². The molecule has 0 saturated carbocycles. The predicted octanol–water partition coefficient (Wildman–Crippen LogP) is -0.134. The standard InChI is InChI=1S/C11H9ClN6O2/c1-16-9-8(10(19)17(2)11(16)20)18(5-13-9)7-4-3-6(12)14-15-7/h3-5H,1-2H3. The summed E-state index contributed by atoms with van der Waals surface area (Å²) in [6.07, 6.45) is 1.42. The summed E-state index contributed by atoms with van der Waals surface area (Å²) < 4.78 is 3.79. The highest BCUT2D eigenvalue weighted by molar-refractivity contribution is 6.29. The van der Waals surface area contributed by atoms with E-state index in [-0.39, 0.29) is 16.3 Å². The van der Waals surface area contributed by atoms with Crippen molar-refractivity contribution in [3.63, 3.8) is 0 Å². The van der Waals surface area contributed by atoms with Crippen molar-refractivity contribution in [3.05, 3.63) is 44.5 Å². The van der Waals surface area contributed by atoms with Crippen molar-refractivity contribution in [2.75, 3.05) is 0 Å². The van der Waals surface area contributed by atoms with Gasteiger partial charge in [0.25, 0.3) is 5.56 Å². The van der Waals surface area contributed by atoms with Gasteiger partial charge in [-0.1, -0.05) is 11.6 Å². The zero-order valence-electron chi connectivity index (χ0n) is 10.6. The predicted molar refractivity (Wildman–Crippen MR) is 72.2 cm³/mol. The Morgan fingerprint density at radius 1 is 1.10 bits per heavy atom. The fourth-order valence-electron chi connectivity index (χ4n) is 1.96. The summed E-state index contributed by atoms with van der Waals surface area (Å²) in [5.41, 5.74) is -0.339. The lowest BCUT2D eigenvalue weighted by atomic mass is 10.4. The summed E-state index contributed by atoms with van der Waals surface area (Å²) in [6, 6.07) is 3.17. The molecule has 3 heterocycles. The van der Waals surface area contributed by atoms with Crippen molar-refractivity contribution in [1.29, 1.82) is 0 Å². The van der Waals surface area contributed by atoms with Gasteiger partial charge in [0.1, 0.15) is 6.33 Å². The van der Waals surface area contributed by atoms with Crippen molar-refractivity contribution >= 4 is 22.8 Å². The van der Waals surface area contributed by atoms with E-state index >= 15 is 0 Å². The number of aryl methyl sites for hydroxylation is 1. The molecular weight excluding hydrogens is 284 g/mol. The number of aromatic nitrogens is 6. The van der Waals surface area contributed by atoms with Crippen LogP contribution in [0.3, 0.4) is 0 Å². The third-order valence-electron chi connectivity index (χ3n) is 3.01. The SMILES string of the molecule is Cn1c(=O)c2c(ncn2-c2ccc(Cl)nn2)n(C)c1=O. The monoisotopic (exact) mass is 292 g/mol. The smallest absolute Gasteiger partial charge is 0.279 e. The Morgan fingerprint density at radius 2 is 1.85 bits per heavy atom. The number of nitrogens with zero attached hydrogens (tertiary/aromatic N) is 6. The van der Waals surface area contributed by atoms with E-state index in [1.54, 1.807) is 19.2 Å². The van der Waals surface area contributed by atoms with Gasteiger partial charge in [-0.3, -0.25) is 18.5 Å². The van der Waals surface area contributed by atoms with Gasteiger partial charge >= 0.3 is 5.69 Å². The summed E-state index contributed by atoms with van der Waals surface area (Å²) in [6.45, 7) is 0. The van der Waals surface area contributed by atoms with Gasteiger partial charge < -0.3 is 0 Å². The molecule has 0 saturated heterocycles. The Bertz CT molecular complexity index is 921. The number of rotatable bonds is 1. The van der Waals surface area contributed by atoms with Gasteiger partial charge in [0, 0.05) is 14.1 Å². The van der Waals surface area contributed by atoms with Gasteiger partial charge in [-0.25, -0.2) is 9.78 Å². The Kier molecular flexibility index (Phi) is 2.68. The molecule has 20 heavy (non-hydrogen) atoms. The van der Waals surface area contributed by atoms with E-state index in [2.05, 4.69) is 15.2 Å². The molecule has 0 aromatic carbocycles. The second-order valence-corrected chi connectivity index (χ2v) is 4.59. The summed E-state index contributed by atoms with van der Waals surface area (Å²) in [5, 5.41) is 7.87. The molecule has 0 amide bonds. The third kappa shape index (κ3) is 1.65. The zero-order chi connectivity index (χ0) is 14.4. The molecule has 0 N–H and O–H groups in total. The average Bonchev–Trinajstić information content (AvgIpc) is 2.88. The molecule has 0 radical (unpaired) electrons. The van der Waals surface area contributed by atoms with Crippen LogP contribution in [0.4, 0.5) is 0 Å². The molecular formula is C11H9ClN6O2. The third-order valence-corrected chi connectivity index (χ3v) is 3.21. The maximum absolute atomic E-state index is 12.2. The van der Waals surface area contributed by atoms with E-state index in [0.717, 1.165) is 4.57 Å². The Labute approximate surface area is 116 Å². The Morgan fingerprint density at radius 3 is 2.50 bits per heavy atom. The first-order chi connectivity index (χ1) is 9.50. The van der Waals surface area contributed by atoms with E-state index in [9.17, 15) is 9.59 Å². The molecule has 0 aliphatic rings. The highest BCUT2D eigenvalue weighted by Crippen LogP contribution is 2.12. The van der Waals surface area contributed by atoms with E-state index in [1.807, 2.05) is 0 Å². The lowest BCUT2D eigenvalue weighted by Gasteiger charge is -2.05. The second-order valence-electron chi connectivity index (χ2n) is 4.21. The molecule has 9 heteroatoms. The first kappa shape index (κ1) is 12.5. The lowest BCUT2D eigenvalue weighted by Crippen LogP contribution is -2.37. The number of halogens is 1. The van der Waals surface area contributed by atoms with Crippen LogP contribution in [-0.2, 0) is 14.1 Å². The summed E-state index contributed by atoms with van der Waals surface area (Å²) in [4.78, 5) is 28.2. The maximum atomic E-state index is 12.2. The van der Waals surface area contributed by atoms with Gasteiger partial charge in [-0.2, -0.15) is 0 Å². The molecule has 0 unspecified atom stereocenters. The van der Waals surface area contributed by atoms with Crippen LogP contribution < -0.4 is 11.2 Å². The molecule has 0 spiro atoms. The van der Waals surface area contributed by atoms with Crippen LogP contribution in [0.5, 0.6) is 0 Å². The van der Waals surface area contributed by atoms with Crippen LogP contribution in [0.1, 0.15) is 0 Å². The molecule has 8 nitrogen and oxygen atoms in total. The highest BCUT2D eigenvalue weighted by atomic mass is 35.5. The van der Waals surface area contributed by atoms with Crippen LogP contribution in [-0.4, -0.2) is 28.9 Å². The largest absolute Gasteiger partial charge is 0.332 e. The van der Waals surface area contributed by atoms with Crippen molar-refractivity contribution in [3.8, 4) is 5.82 Å². The van der Waals surface area contributed by atoms with Gasteiger partial charge in [-0.15, -0.1) is 10.2 Å². The van der Waals surface area contributed by atoms with E-state index in [1.165, 1.54) is 22.5 Å². The molecule has 0 aliphatic carbocycles. The number of imidazole rings is 1. The van der Waals surface area contributed by atoms with Crippen molar-refractivity contribution in [2.45, 2.75) is 0 Å². The lowest BCUT2D eigenvalue weighted by molar-refractivity contribution is 0.707. The minimum absolute atomic E-state index is 0.249. The topological polar surface area (TPSA) is 87.6 Å². The fourth-order valence-corrected chi connectivity index (χ4v) is 2.06. The Hall–Kier alpha value is -2.48. The zero-order valence-corrected chi connectivity index (χ0v) is 11.4. The molecule has 3 aromatic rings. The molecule has 3 aromatic heterocycles. The minimum Gasteiger partial charge on any atom is -0.279 e. The Balaban J connectivity index is 2.43. The van der Waals surface area contributed by atoms with E-state index in [4.69, 9.17) is 11.6 Å². The van der Waals surface area contributed by atoms with E-state index < -0.39 is 11.2 Å². The first-order valence-electron chi connectivity index (χ1n) is 5.63. The maximum Gasteiger partial charge on any atom is 0.332 e. The average molecular weight is 293 g/mol. The number of fused-ring (bicyclic) bond motifs is 1. The second kappa shape index (κ2) is 4.27. The van der Waals surface area contributed by atoms with Crippen molar-refractivity contribution < 1.29 is 0 Å².